The van der Waals surface area contributed by atoms with Crippen LogP contribution in [0.2, 0.25) is 10.0 Å². The van der Waals surface area contributed by atoms with E-state index in [0.29, 0.717) is 26.7 Å². The maximum Gasteiger partial charge on any atom is 0.277 e. The molecule has 4 rings (SSSR count). The Morgan fingerprint density at radius 3 is 2.60 bits per heavy atom. The number of piperidine rings is 1. The average molecular weight is 463 g/mol. The first-order valence-corrected chi connectivity index (χ1v) is 11.4. The van der Waals surface area contributed by atoms with Gasteiger partial charge in [-0.2, -0.15) is 0 Å². The Morgan fingerprint density at radius 1 is 1.03 bits per heavy atom. The number of thioether (sulfide) groups is 1. The summed E-state index contributed by atoms with van der Waals surface area (Å²) in [6.07, 6.45) is 3.47. The van der Waals surface area contributed by atoms with Gasteiger partial charge < -0.3 is 14.6 Å². The molecule has 3 aromatic rings. The smallest absolute Gasteiger partial charge is 0.277 e. The standard InChI is InChI=1S/C21H20Cl2N4O2S/c22-15-8-3-2-7-14(15)20-25-26-21(29-20)30-13-18(28)24-17-10-6-9-16(23)19(17)27-11-4-1-5-12-27/h2-3,6-10H,1,4-5,11-13H2,(H,24,28). The van der Waals surface area contributed by atoms with Gasteiger partial charge in [-0.3, -0.25) is 4.79 Å². The first kappa shape index (κ1) is 21.0. The summed E-state index contributed by atoms with van der Waals surface area (Å²) < 4.78 is 5.64. The number of nitrogens with one attached hydrogen (secondary N) is 1. The molecule has 0 radical (unpaired) electrons. The van der Waals surface area contributed by atoms with E-state index in [1.165, 1.54) is 18.2 Å². The summed E-state index contributed by atoms with van der Waals surface area (Å²) in [6, 6.07) is 12.8. The van der Waals surface area contributed by atoms with Crippen LogP contribution in [0.5, 0.6) is 0 Å². The van der Waals surface area contributed by atoms with E-state index < -0.39 is 0 Å². The molecule has 0 aliphatic carbocycles. The molecular formula is C21H20Cl2N4O2S. The zero-order valence-corrected chi connectivity index (χ0v) is 18.4. The van der Waals surface area contributed by atoms with E-state index in [9.17, 15) is 4.79 Å². The number of benzene rings is 2. The van der Waals surface area contributed by atoms with Crippen molar-refractivity contribution in [3.63, 3.8) is 0 Å². The highest BCUT2D eigenvalue weighted by molar-refractivity contribution is 7.99. The molecule has 0 atom stereocenters. The largest absolute Gasteiger partial charge is 0.411 e. The normalized spacial score (nSPS) is 14.0. The molecule has 6 nitrogen and oxygen atoms in total. The van der Waals surface area contributed by atoms with Crippen LogP contribution in [0.1, 0.15) is 19.3 Å². The van der Waals surface area contributed by atoms with Crippen molar-refractivity contribution in [3.05, 3.63) is 52.5 Å². The third kappa shape index (κ3) is 4.91. The van der Waals surface area contributed by atoms with Gasteiger partial charge in [-0.1, -0.05) is 53.2 Å². The number of carbonyl (C=O) groups is 1. The van der Waals surface area contributed by atoms with Crippen molar-refractivity contribution in [2.24, 2.45) is 0 Å². The molecule has 1 aliphatic heterocycles. The molecule has 1 aliphatic rings. The predicted molar refractivity (Wildman–Crippen MR) is 122 cm³/mol. The van der Waals surface area contributed by atoms with Crippen molar-refractivity contribution in [1.82, 2.24) is 10.2 Å². The summed E-state index contributed by atoms with van der Waals surface area (Å²) in [5.41, 5.74) is 2.27. The molecule has 0 saturated carbocycles. The minimum Gasteiger partial charge on any atom is -0.411 e. The summed E-state index contributed by atoms with van der Waals surface area (Å²) >= 11 is 13.8. The third-order valence-corrected chi connectivity index (χ3v) is 6.22. The molecule has 0 spiro atoms. The van der Waals surface area contributed by atoms with E-state index in [2.05, 4.69) is 20.4 Å². The van der Waals surface area contributed by atoms with Crippen molar-refractivity contribution < 1.29 is 9.21 Å². The number of anilines is 2. The first-order chi connectivity index (χ1) is 14.6. The second kappa shape index (κ2) is 9.73. The van der Waals surface area contributed by atoms with Crippen LogP contribution in [0.15, 0.2) is 52.1 Å². The molecule has 1 aromatic heterocycles. The van der Waals surface area contributed by atoms with E-state index in [1.54, 1.807) is 12.1 Å². The summed E-state index contributed by atoms with van der Waals surface area (Å²) in [5, 5.41) is 12.5. The molecule has 30 heavy (non-hydrogen) atoms. The summed E-state index contributed by atoms with van der Waals surface area (Å²) in [6.45, 7) is 1.88. The lowest BCUT2D eigenvalue weighted by Crippen LogP contribution is -2.30. The van der Waals surface area contributed by atoms with Crippen LogP contribution in [0, 0.1) is 0 Å². The number of amides is 1. The molecule has 2 heterocycles. The van der Waals surface area contributed by atoms with Crippen molar-refractivity contribution in [2.75, 3.05) is 29.1 Å². The highest BCUT2D eigenvalue weighted by Gasteiger charge is 2.19. The molecule has 0 bridgehead atoms. The van der Waals surface area contributed by atoms with Crippen LogP contribution < -0.4 is 10.2 Å². The van der Waals surface area contributed by atoms with Gasteiger partial charge in [-0.05, 0) is 43.5 Å². The van der Waals surface area contributed by atoms with Gasteiger partial charge in [0.05, 0.1) is 32.7 Å². The fourth-order valence-corrected chi connectivity index (χ4v) is 4.45. The number of para-hydroxylation sites is 1. The van der Waals surface area contributed by atoms with Gasteiger partial charge >= 0.3 is 0 Å². The van der Waals surface area contributed by atoms with Crippen LogP contribution >= 0.6 is 35.0 Å². The highest BCUT2D eigenvalue weighted by Crippen LogP contribution is 2.36. The van der Waals surface area contributed by atoms with Gasteiger partial charge in [-0.25, -0.2) is 0 Å². The Hall–Kier alpha value is -2.22. The topological polar surface area (TPSA) is 71.3 Å². The number of nitrogens with zero attached hydrogens (tertiary/aromatic N) is 3. The number of rotatable bonds is 6. The SMILES string of the molecule is O=C(CSc1nnc(-c2ccccc2Cl)o1)Nc1cccc(Cl)c1N1CCCCC1. The molecule has 9 heteroatoms. The highest BCUT2D eigenvalue weighted by atomic mass is 35.5. The molecule has 0 unspecified atom stereocenters. The van der Waals surface area contributed by atoms with Gasteiger partial charge in [0.25, 0.3) is 5.22 Å². The van der Waals surface area contributed by atoms with Gasteiger partial charge in [0.15, 0.2) is 0 Å². The first-order valence-electron chi connectivity index (χ1n) is 9.66. The average Bonchev–Trinajstić information content (AvgIpc) is 3.22. The molecular weight excluding hydrogens is 443 g/mol. The second-order valence-corrected chi connectivity index (χ2v) is 8.61. The maximum atomic E-state index is 12.6. The Kier molecular flexibility index (Phi) is 6.82. The van der Waals surface area contributed by atoms with Crippen molar-refractivity contribution in [2.45, 2.75) is 24.5 Å². The van der Waals surface area contributed by atoms with Crippen LogP contribution in [-0.4, -0.2) is 34.9 Å². The lowest BCUT2D eigenvalue weighted by atomic mass is 10.1. The van der Waals surface area contributed by atoms with Crippen LogP contribution in [-0.2, 0) is 4.79 Å². The summed E-state index contributed by atoms with van der Waals surface area (Å²) in [7, 11) is 0. The maximum absolute atomic E-state index is 12.6. The van der Waals surface area contributed by atoms with Crippen LogP contribution in [0.4, 0.5) is 11.4 Å². The molecule has 1 fully saturated rings. The summed E-state index contributed by atoms with van der Waals surface area (Å²) in [4.78, 5) is 14.8. The number of aromatic nitrogens is 2. The molecule has 156 valence electrons. The number of carbonyl (C=O) groups excluding carboxylic acids is 1. The van der Waals surface area contributed by atoms with Crippen LogP contribution in [0.3, 0.4) is 0 Å². The minimum absolute atomic E-state index is 0.135. The van der Waals surface area contributed by atoms with E-state index in [-0.39, 0.29) is 11.7 Å². The Balaban J connectivity index is 1.40. The lowest BCUT2D eigenvalue weighted by molar-refractivity contribution is -0.113. The zero-order chi connectivity index (χ0) is 20.9. The van der Waals surface area contributed by atoms with E-state index in [4.69, 9.17) is 27.6 Å². The van der Waals surface area contributed by atoms with Crippen molar-refractivity contribution in [3.8, 4) is 11.5 Å². The van der Waals surface area contributed by atoms with E-state index in [0.717, 1.165) is 37.3 Å². The zero-order valence-electron chi connectivity index (χ0n) is 16.1. The Labute approximate surface area is 188 Å². The fraction of sp³-hybridized carbons (Fsp3) is 0.286. The van der Waals surface area contributed by atoms with Gasteiger partial charge in [-0.15, -0.1) is 10.2 Å². The number of hydrogen-bond acceptors (Lipinski definition) is 6. The summed E-state index contributed by atoms with van der Waals surface area (Å²) in [5.74, 6) is 0.291. The monoisotopic (exact) mass is 462 g/mol. The van der Waals surface area contributed by atoms with Gasteiger partial charge in [0.1, 0.15) is 0 Å². The van der Waals surface area contributed by atoms with Crippen molar-refractivity contribution >= 4 is 52.2 Å². The molecule has 1 N–H and O–H groups in total. The number of hydrogen-bond donors (Lipinski definition) is 1. The second-order valence-electron chi connectivity index (χ2n) is 6.87. The molecule has 1 saturated heterocycles. The van der Waals surface area contributed by atoms with Crippen LogP contribution in [0.25, 0.3) is 11.5 Å². The van der Waals surface area contributed by atoms with E-state index >= 15 is 0 Å². The van der Waals surface area contributed by atoms with E-state index in [1.807, 2.05) is 30.3 Å². The quantitative estimate of drug-likeness (QED) is 0.469. The Bertz CT molecular complexity index is 1040. The lowest BCUT2D eigenvalue weighted by Gasteiger charge is -2.31. The van der Waals surface area contributed by atoms with Gasteiger partial charge in [0, 0.05) is 13.1 Å². The van der Waals surface area contributed by atoms with Crippen molar-refractivity contribution in [1.29, 1.82) is 0 Å². The third-order valence-electron chi connectivity index (χ3n) is 4.77. The Morgan fingerprint density at radius 2 is 1.80 bits per heavy atom. The predicted octanol–water partition coefficient (Wildman–Crippen LogP) is 5.76. The molecule has 1 amide bonds. The fourth-order valence-electron chi connectivity index (χ4n) is 3.38. The molecule has 2 aromatic carbocycles. The number of halogens is 2. The van der Waals surface area contributed by atoms with Gasteiger partial charge in [0.2, 0.25) is 11.8 Å². The minimum atomic E-state index is -0.169.